The standard InChI is InChI=1S/C23H28ClF3N4O/c1-15-11-19(23(25,26)27)28-13-18(15)31-14-21(29-20(31)32)7-9-22(10-8-21,30(2)3)16-5-4-6-17(24)12-16/h4-6,11-13,20,29,32H,7-10,14H2,1-3H3/t20?,21-,22+. The molecule has 1 atom stereocenters. The third-order valence-electron chi connectivity index (χ3n) is 7.14. The maximum absolute atomic E-state index is 13.0. The zero-order valence-corrected chi connectivity index (χ0v) is 19.1. The molecule has 1 unspecified atom stereocenters. The zero-order valence-electron chi connectivity index (χ0n) is 18.4. The summed E-state index contributed by atoms with van der Waals surface area (Å²) in [6.07, 6.45) is -0.940. The van der Waals surface area contributed by atoms with E-state index in [9.17, 15) is 18.3 Å². The highest BCUT2D eigenvalue weighted by Crippen LogP contribution is 2.47. The number of alkyl halides is 3. The Hall–Kier alpha value is -1.87. The number of benzene rings is 1. The quantitative estimate of drug-likeness (QED) is 0.693. The second-order valence-corrected chi connectivity index (χ2v) is 9.65. The fourth-order valence-electron chi connectivity index (χ4n) is 5.25. The van der Waals surface area contributed by atoms with E-state index in [4.69, 9.17) is 11.6 Å². The first kappa shape index (κ1) is 23.3. The topological polar surface area (TPSA) is 51.6 Å². The number of nitrogens with zero attached hydrogens (tertiary/aromatic N) is 3. The van der Waals surface area contributed by atoms with Gasteiger partial charge in [-0.25, -0.2) is 4.98 Å². The summed E-state index contributed by atoms with van der Waals surface area (Å²) in [6, 6.07) is 8.98. The fraction of sp³-hybridized carbons (Fsp3) is 0.522. The van der Waals surface area contributed by atoms with Crippen molar-refractivity contribution in [2.24, 2.45) is 0 Å². The molecule has 1 saturated carbocycles. The summed E-state index contributed by atoms with van der Waals surface area (Å²) < 4.78 is 39.0. The van der Waals surface area contributed by atoms with Crippen molar-refractivity contribution in [3.05, 3.63) is 58.4 Å². The SMILES string of the molecule is Cc1cc(C(F)(F)F)ncc1N1C[C@]2(CC[C@](c3cccc(Cl)c3)(N(C)C)CC2)NC1O. The maximum atomic E-state index is 13.0. The molecule has 2 N–H and O–H groups in total. The van der Waals surface area contributed by atoms with Gasteiger partial charge in [-0.1, -0.05) is 23.7 Å². The van der Waals surface area contributed by atoms with E-state index in [1.165, 1.54) is 11.8 Å². The van der Waals surface area contributed by atoms with E-state index in [-0.39, 0.29) is 11.1 Å². The molecule has 1 aromatic carbocycles. The van der Waals surface area contributed by atoms with Gasteiger partial charge in [0.05, 0.1) is 11.9 Å². The van der Waals surface area contributed by atoms with Crippen LogP contribution in [-0.4, -0.2) is 47.5 Å². The first-order valence-electron chi connectivity index (χ1n) is 10.7. The molecular formula is C23H28ClF3N4O. The lowest BCUT2D eigenvalue weighted by Crippen LogP contribution is -2.54. The molecule has 2 fully saturated rings. The predicted molar refractivity (Wildman–Crippen MR) is 118 cm³/mol. The Labute approximate surface area is 191 Å². The van der Waals surface area contributed by atoms with E-state index in [1.54, 1.807) is 11.8 Å². The number of hydrogen-bond donors (Lipinski definition) is 2. The van der Waals surface area contributed by atoms with Crippen LogP contribution in [0.1, 0.15) is 42.5 Å². The number of anilines is 1. The molecule has 1 aliphatic carbocycles. The lowest BCUT2D eigenvalue weighted by Gasteiger charge is -2.49. The van der Waals surface area contributed by atoms with Gasteiger partial charge in [0.25, 0.3) is 0 Å². The summed E-state index contributed by atoms with van der Waals surface area (Å²) in [6.45, 7) is 2.11. The van der Waals surface area contributed by atoms with Gasteiger partial charge in [0.15, 0.2) is 6.35 Å². The number of aromatic nitrogens is 1. The van der Waals surface area contributed by atoms with Gasteiger partial charge < -0.3 is 10.0 Å². The predicted octanol–water partition coefficient (Wildman–Crippen LogP) is 4.52. The van der Waals surface area contributed by atoms with Gasteiger partial charge >= 0.3 is 6.18 Å². The molecule has 2 aromatic rings. The van der Waals surface area contributed by atoms with Crippen LogP contribution in [0.5, 0.6) is 0 Å². The summed E-state index contributed by atoms with van der Waals surface area (Å²) in [5.41, 5.74) is 0.694. The number of aliphatic hydroxyl groups excluding tert-OH is 1. The van der Waals surface area contributed by atoms with Gasteiger partial charge in [0.1, 0.15) is 5.69 Å². The van der Waals surface area contributed by atoms with E-state index in [2.05, 4.69) is 35.4 Å². The summed E-state index contributed by atoms with van der Waals surface area (Å²) in [5, 5.41) is 14.8. The highest BCUT2D eigenvalue weighted by molar-refractivity contribution is 6.30. The van der Waals surface area contributed by atoms with Gasteiger partial charge in [0, 0.05) is 22.6 Å². The molecule has 4 rings (SSSR count). The van der Waals surface area contributed by atoms with Crippen LogP contribution in [0.25, 0.3) is 0 Å². The smallest absolute Gasteiger partial charge is 0.361 e. The van der Waals surface area contributed by atoms with Gasteiger partial charge in [0.2, 0.25) is 0 Å². The van der Waals surface area contributed by atoms with Crippen LogP contribution in [0.2, 0.25) is 5.02 Å². The number of hydrogen-bond acceptors (Lipinski definition) is 5. The van der Waals surface area contributed by atoms with Crippen LogP contribution in [0.4, 0.5) is 18.9 Å². The van der Waals surface area contributed by atoms with Crippen LogP contribution in [-0.2, 0) is 11.7 Å². The Morgan fingerprint density at radius 2 is 1.88 bits per heavy atom. The summed E-state index contributed by atoms with van der Waals surface area (Å²) in [5.74, 6) is 0. The minimum Gasteiger partial charge on any atom is -0.361 e. The molecule has 1 spiro atoms. The molecule has 5 nitrogen and oxygen atoms in total. The van der Waals surface area contributed by atoms with Crippen molar-refractivity contribution in [3.8, 4) is 0 Å². The number of halogens is 4. The van der Waals surface area contributed by atoms with E-state index < -0.39 is 18.2 Å². The Morgan fingerprint density at radius 1 is 1.19 bits per heavy atom. The molecule has 2 heterocycles. The average Bonchev–Trinajstić information content (AvgIpc) is 3.03. The van der Waals surface area contributed by atoms with E-state index in [0.717, 1.165) is 31.7 Å². The minimum atomic E-state index is -4.49. The van der Waals surface area contributed by atoms with Crippen molar-refractivity contribution in [1.82, 2.24) is 15.2 Å². The number of aliphatic hydroxyl groups is 1. The van der Waals surface area contributed by atoms with Crippen molar-refractivity contribution in [2.45, 2.75) is 56.2 Å². The van der Waals surface area contributed by atoms with Crippen molar-refractivity contribution in [1.29, 1.82) is 0 Å². The van der Waals surface area contributed by atoms with Crippen molar-refractivity contribution in [2.75, 3.05) is 25.5 Å². The van der Waals surface area contributed by atoms with Crippen LogP contribution in [0.15, 0.2) is 36.5 Å². The van der Waals surface area contributed by atoms with Crippen molar-refractivity contribution in [3.63, 3.8) is 0 Å². The zero-order chi connectivity index (χ0) is 23.3. The Kier molecular flexibility index (Phi) is 5.94. The van der Waals surface area contributed by atoms with Crippen molar-refractivity contribution < 1.29 is 18.3 Å². The van der Waals surface area contributed by atoms with Gasteiger partial charge in [-0.05, 0) is 76.0 Å². The molecule has 174 valence electrons. The summed E-state index contributed by atoms with van der Waals surface area (Å²) >= 11 is 6.26. The van der Waals surface area contributed by atoms with Gasteiger partial charge in [-0.15, -0.1) is 0 Å². The number of rotatable bonds is 3. The molecule has 0 radical (unpaired) electrons. The second-order valence-electron chi connectivity index (χ2n) is 9.22. The van der Waals surface area contributed by atoms with Crippen LogP contribution >= 0.6 is 11.6 Å². The molecule has 0 bridgehead atoms. The van der Waals surface area contributed by atoms with E-state index in [0.29, 0.717) is 22.8 Å². The largest absolute Gasteiger partial charge is 0.433 e. The first-order chi connectivity index (χ1) is 15.0. The Morgan fingerprint density at radius 3 is 2.44 bits per heavy atom. The fourth-order valence-corrected chi connectivity index (χ4v) is 5.44. The third-order valence-corrected chi connectivity index (χ3v) is 7.37. The molecule has 9 heteroatoms. The van der Waals surface area contributed by atoms with Crippen LogP contribution < -0.4 is 10.2 Å². The first-order valence-corrected chi connectivity index (χ1v) is 11.0. The highest BCUT2D eigenvalue weighted by Gasteiger charge is 2.50. The lowest BCUT2D eigenvalue weighted by atomic mass is 9.69. The maximum Gasteiger partial charge on any atom is 0.433 e. The third kappa shape index (κ3) is 4.09. The molecular weight excluding hydrogens is 441 g/mol. The van der Waals surface area contributed by atoms with Crippen LogP contribution in [0.3, 0.4) is 0 Å². The van der Waals surface area contributed by atoms with E-state index >= 15 is 0 Å². The van der Waals surface area contributed by atoms with Crippen molar-refractivity contribution >= 4 is 17.3 Å². The van der Waals surface area contributed by atoms with E-state index in [1.807, 2.05) is 18.2 Å². The number of aryl methyl sites for hydroxylation is 1. The Balaban J connectivity index is 1.55. The summed E-state index contributed by atoms with van der Waals surface area (Å²) in [7, 11) is 4.14. The highest BCUT2D eigenvalue weighted by atomic mass is 35.5. The van der Waals surface area contributed by atoms with Crippen LogP contribution in [0, 0.1) is 6.92 Å². The molecule has 1 aromatic heterocycles. The Bertz CT molecular complexity index is 989. The monoisotopic (exact) mass is 468 g/mol. The molecule has 2 aliphatic rings. The molecule has 0 amide bonds. The number of pyridine rings is 1. The minimum absolute atomic E-state index is 0.165. The molecule has 32 heavy (non-hydrogen) atoms. The number of nitrogens with one attached hydrogen (secondary N) is 1. The normalized spacial score (nSPS) is 28.7. The van der Waals surface area contributed by atoms with Gasteiger partial charge in [-0.2, -0.15) is 13.2 Å². The lowest BCUT2D eigenvalue weighted by molar-refractivity contribution is -0.141. The average molecular weight is 469 g/mol. The second kappa shape index (κ2) is 8.17. The molecule has 1 aliphatic heterocycles. The molecule has 1 saturated heterocycles. The summed E-state index contributed by atoms with van der Waals surface area (Å²) in [4.78, 5) is 7.54. The van der Waals surface area contributed by atoms with Gasteiger partial charge in [-0.3, -0.25) is 10.2 Å².